The molecule has 0 radical (unpaired) electrons. The molecule has 108 valence electrons. The van der Waals surface area contributed by atoms with E-state index >= 15 is 0 Å². The van der Waals surface area contributed by atoms with Crippen molar-refractivity contribution < 1.29 is 0 Å². The number of nitrogens with zero attached hydrogens (tertiary/aromatic N) is 4. The van der Waals surface area contributed by atoms with Crippen LogP contribution in [0.25, 0.3) is 11.0 Å². The fourth-order valence-corrected chi connectivity index (χ4v) is 2.94. The zero-order chi connectivity index (χ0) is 14.6. The Morgan fingerprint density at radius 2 is 2.19 bits per heavy atom. The first kappa shape index (κ1) is 12.9. The number of halogens is 1. The molecule has 1 aliphatic carbocycles. The van der Waals surface area contributed by atoms with E-state index in [0.29, 0.717) is 6.04 Å². The minimum Gasteiger partial charge on any atom is -0.323 e. The van der Waals surface area contributed by atoms with Crippen LogP contribution < -0.4 is 5.73 Å². The standard InChI is InChI=1S/C15H16ClN5/c1-20-8-9(7-18-20)14(17)15-19-12-5-2-10(16)6-13(12)21(15)11-3-4-11/h2,5-8,11,14H,3-4,17H2,1H3. The minimum atomic E-state index is -0.273. The van der Waals surface area contributed by atoms with Gasteiger partial charge in [0, 0.05) is 29.9 Å². The second-order valence-corrected chi connectivity index (χ2v) is 6.07. The molecule has 5 nitrogen and oxygen atoms in total. The lowest BCUT2D eigenvalue weighted by Crippen LogP contribution is -2.17. The molecule has 1 saturated carbocycles. The van der Waals surface area contributed by atoms with Crippen molar-refractivity contribution in [3.8, 4) is 0 Å². The number of hydrogen-bond acceptors (Lipinski definition) is 3. The first-order valence-corrected chi connectivity index (χ1v) is 7.43. The summed E-state index contributed by atoms with van der Waals surface area (Å²) in [4.78, 5) is 4.74. The van der Waals surface area contributed by atoms with Crippen LogP contribution in [0.1, 0.15) is 36.3 Å². The van der Waals surface area contributed by atoms with Gasteiger partial charge in [-0.25, -0.2) is 4.98 Å². The van der Waals surface area contributed by atoms with Crippen molar-refractivity contribution in [2.75, 3.05) is 0 Å². The fourth-order valence-electron chi connectivity index (χ4n) is 2.77. The van der Waals surface area contributed by atoms with Crippen molar-refractivity contribution in [1.82, 2.24) is 19.3 Å². The SMILES string of the molecule is Cn1cc(C(N)c2nc3ccc(Cl)cc3n2C2CC2)cn1. The molecule has 0 amide bonds. The summed E-state index contributed by atoms with van der Waals surface area (Å²) in [6, 6.07) is 6.02. The lowest BCUT2D eigenvalue weighted by Gasteiger charge is -2.13. The Labute approximate surface area is 127 Å². The van der Waals surface area contributed by atoms with Gasteiger partial charge < -0.3 is 10.3 Å². The van der Waals surface area contributed by atoms with E-state index in [1.54, 1.807) is 10.9 Å². The van der Waals surface area contributed by atoms with Gasteiger partial charge in [0.05, 0.1) is 23.3 Å². The number of aromatic nitrogens is 4. The van der Waals surface area contributed by atoms with Gasteiger partial charge in [-0.2, -0.15) is 5.10 Å². The zero-order valence-electron chi connectivity index (χ0n) is 11.7. The van der Waals surface area contributed by atoms with E-state index in [1.807, 2.05) is 31.4 Å². The van der Waals surface area contributed by atoms with Gasteiger partial charge >= 0.3 is 0 Å². The van der Waals surface area contributed by atoms with Crippen molar-refractivity contribution in [2.45, 2.75) is 24.9 Å². The van der Waals surface area contributed by atoms with Gasteiger partial charge in [0.1, 0.15) is 5.82 Å². The summed E-state index contributed by atoms with van der Waals surface area (Å²) >= 11 is 6.14. The Morgan fingerprint density at radius 1 is 1.38 bits per heavy atom. The highest BCUT2D eigenvalue weighted by atomic mass is 35.5. The second-order valence-electron chi connectivity index (χ2n) is 5.63. The molecule has 1 aliphatic rings. The van der Waals surface area contributed by atoms with E-state index in [2.05, 4.69) is 9.67 Å². The molecule has 0 spiro atoms. The molecule has 0 saturated heterocycles. The van der Waals surface area contributed by atoms with Gasteiger partial charge in [-0.3, -0.25) is 4.68 Å². The van der Waals surface area contributed by atoms with E-state index in [-0.39, 0.29) is 6.04 Å². The maximum Gasteiger partial charge on any atom is 0.131 e. The molecular formula is C15H16ClN5. The minimum absolute atomic E-state index is 0.273. The smallest absolute Gasteiger partial charge is 0.131 e. The Hall–Kier alpha value is -1.85. The topological polar surface area (TPSA) is 61.7 Å². The molecule has 1 atom stereocenters. The summed E-state index contributed by atoms with van der Waals surface area (Å²) in [5.41, 5.74) is 9.42. The highest BCUT2D eigenvalue weighted by Gasteiger charge is 2.30. The van der Waals surface area contributed by atoms with Crippen molar-refractivity contribution >= 4 is 22.6 Å². The van der Waals surface area contributed by atoms with Crippen molar-refractivity contribution in [3.63, 3.8) is 0 Å². The van der Waals surface area contributed by atoms with Crippen LogP contribution in [0.3, 0.4) is 0 Å². The van der Waals surface area contributed by atoms with Crippen LogP contribution in [-0.4, -0.2) is 19.3 Å². The molecule has 0 bridgehead atoms. The third-order valence-corrected chi connectivity index (χ3v) is 4.19. The van der Waals surface area contributed by atoms with E-state index in [4.69, 9.17) is 22.3 Å². The molecule has 1 aromatic carbocycles. The molecule has 0 aliphatic heterocycles. The van der Waals surface area contributed by atoms with Gasteiger partial charge in [0.2, 0.25) is 0 Å². The average Bonchev–Trinajstić information content (AvgIpc) is 3.09. The van der Waals surface area contributed by atoms with Crippen LogP contribution >= 0.6 is 11.6 Å². The molecule has 4 rings (SSSR count). The van der Waals surface area contributed by atoms with Crippen LogP contribution in [0.15, 0.2) is 30.6 Å². The molecule has 2 heterocycles. The monoisotopic (exact) mass is 301 g/mol. The van der Waals surface area contributed by atoms with Gasteiger partial charge in [-0.05, 0) is 31.0 Å². The number of rotatable bonds is 3. The highest BCUT2D eigenvalue weighted by molar-refractivity contribution is 6.31. The van der Waals surface area contributed by atoms with Crippen LogP contribution in [-0.2, 0) is 7.05 Å². The zero-order valence-corrected chi connectivity index (χ0v) is 12.5. The Balaban J connectivity index is 1.89. The van der Waals surface area contributed by atoms with Crippen molar-refractivity contribution in [1.29, 1.82) is 0 Å². The van der Waals surface area contributed by atoms with Gasteiger partial charge in [-0.15, -0.1) is 0 Å². The molecule has 1 unspecified atom stereocenters. The van der Waals surface area contributed by atoms with Crippen LogP contribution in [0.2, 0.25) is 5.02 Å². The number of imidazole rings is 1. The quantitative estimate of drug-likeness (QED) is 0.809. The van der Waals surface area contributed by atoms with Gasteiger partial charge in [0.25, 0.3) is 0 Å². The number of nitrogens with two attached hydrogens (primary N) is 1. The van der Waals surface area contributed by atoms with E-state index in [1.165, 1.54) is 12.8 Å². The van der Waals surface area contributed by atoms with Crippen LogP contribution in [0.4, 0.5) is 0 Å². The fraction of sp³-hybridized carbons (Fsp3) is 0.333. The van der Waals surface area contributed by atoms with Crippen LogP contribution in [0.5, 0.6) is 0 Å². The van der Waals surface area contributed by atoms with E-state index < -0.39 is 0 Å². The molecule has 6 heteroatoms. The molecule has 1 fully saturated rings. The summed E-state index contributed by atoms with van der Waals surface area (Å²) in [5, 5.41) is 4.93. The summed E-state index contributed by atoms with van der Waals surface area (Å²) in [6.07, 6.45) is 6.08. The summed E-state index contributed by atoms with van der Waals surface area (Å²) < 4.78 is 4.01. The Kier molecular flexibility index (Phi) is 2.80. The van der Waals surface area contributed by atoms with Gasteiger partial charge in [-0.1, -0.05) is 11.6 Å². The summed E-state index contributed by atoms with van der Waals surface area (Å²) in [5.74, 6) is 0.891. The number of hydrogen-bond donors (Lipinski definition) is 1. The summed E-state index contributed by atoms with van der Waals surface area (Å²) in [7, 11) is 1.89. The number of fused-ring (bicyclic) bond motifs is 1. The maximum atomic E-state index is 6.43. The van der Waals surface area contributed by atoms with Crippen LogP contribution in [0, 0.1) is 0 Å². The lowest BCUT2D eigenvalue weighted by atomic mass is 10.1. The second kappa shape index (κ2) is 4.58. The lowest BCUT2D eigenvalue weighted by molar-refractivity contribution is 0.658. The first-order valence-electron chi connectivity index (χ1n) is 7.05. The van der Waals surface area contributed by atoms with E-state index in [0.717, 1.165) is 27.4 Å². The summed E-state index contributed by atoms with van der Waals surface area (Å²) in [6.45, 7) is 0. The predicted molar refractivity (Wildman–Crippen MR) is 82.3 cm³/mol. The molecule has 3 aromatic rings. The Morgan fingerprint density at radius 3 is 2.86 bits per heavy atom. The number of aryl methyl sites for hydroxylation is 1. The average molecular weight is 302 g/mol. The van der Waals surface area contributed by atoms with Gasteiger partial charge in [0.15, 0.2) is 0 Å². The Bertz CT molecular complexity index is 815. The largest absolute Gasteiger partial charge is 0.323 e. The first-order chi connectivity index (χ1) is 10.1. The maximum absolute atomic E-state index is 6.43. The predicted octanol–water partition coefficient (Wildman–Crippen LogP) is 2.81. The van der Waals surface area contributed by atoms with Crippen molar-refractivity contribution in [3.05, 3.63) is 47.0 Å². The third-order valence-electron chi connectivity index (χ3n) is 3.95. The molecule has 21 heavy (non-hydrogen) atoms. The molecular weight excluding hydrogens is 286 g/mol. The highest BCUT2D eigenvalue weighted by Crippen LogP contribution is 2.40. The molecule has 2 aromatic heterocycles. The third kappa shape index (κ3) is 2.13. The van der Waals surface area contributed by atoms with Crippen molar-refractivity contribution in [2.24, 2.45) is 12.8 Å². The van der Waals surface area contributed by atoms with E-state index in [9.17, 15) is 0 Å². The molecule has 2 N–H and O–H groups in total. The number of benzene rings is 1. The normalized spacial score (nSPS) is 16.5.